The van der Waals surface area contributed by atoms with Crippen molar-refractivity contribution in [3.05, 3.63) is 23.9 Å². The summed E-state index contributed by atoms with van der Waals surface area (Å²) in [6, 6.07) is 4.11. The molecule has 0 aliphatic heterocycles. The van der Waals surface area contributed by atoms with Gasteiger partial charge in [0.2, 0.25) is 5.88 Å². The van der Waals surface area contributed by atoms with Crippen LogP contribution in [-0.4, -0.2) is 29.3 Å². The third-order valence-electron chi connectivity index (χ3n) is 3.31. The van der Waals surface area contributed by atoms with Gasteiger partial charge in [-0.3, -0.25) is 0 Å². The van der Waals surface area contributed by atoms with E-state index in [0.29, 0.717) is 5.88 Å². The third kappa shape index (κ3) is 3.41. The highest BCUT2D eigenvalue weighted by molar-refractivity contribution is 5.20. The van der Waals surface area contributed by atoms with Crippen molar-refractivity contribution in [1.82, 2.24) is 10.3 Å². The van der Waals surface area contributed by atoms with Gasteiger partial charge in [0.15, 0.2) is 0 Å². The fourth-order valence-electron chi connectivity index (χ4n) is 2.27. The smallest absolute Gasteiger partial charge is 0.213 e. The van der Waals surface area contributed by atoms with Crippen molar-refractivity contribution in [3.63, 3.8) is 0 Å². The SMILES string of the molecule is COc1cc(CN[C@H]2CCCC[C@@H]2O)ccn1. The molecule has 4 nitrogen and oxygen atoms in total. The van der Waals surface area contributed by atoms with E-state index in [0.717, 1.165) is 31.4 Å². The second-order valence-corrected chi connectivity index (χ2v) is 4.55. The number of methoxy groups -OCH3 is 1. The average Bonchev–Trinajstić information content (AvgIpc) is 2.38. The molecule has 1 heterocycles. The predicted octanol–water partition coefficient (Wildman–Crippen LogP) is 1.48. The largest absolute Gasteiger partial charge is 0.481 e. The Morgan fingerprint density at radius 2 is 2.29 bits per heavy atom. The quantitative estimate of drug-likeness (QED) is 0.831. The molecule has 0 amide bonds. The number of aromatic nitrogens is 1. The summed E-state index contributed by atoms with van der Waals surface area (Å²) >= 11 is 0. The zero-order chi connectivity index (χ0) is 12.1. The Labute approximate surface area is 102 Å². The molecule has 1 fully saturated rings. The van der Waals surface area contributed by atoms with Crippen molar-refractivity contribution < 1.29 is 9.84 Å². The molecule has 1 aromatic rings. The van der Waals surface area contributed by atoms with Crippen LogP contribution in [0.2, 0.25) is 0 Å². The first-order valence-electron chi connectivity index (χ1n) is 6.20. The van der Waals surface area contributed by atoms with Crippen LogP contribution in [0.5, 0.6) is 5.88 Å². The summed E-state index contributed by atoms with van der Waals surface area (Å²) in [5, 5.41) is 13.3. The molecular formula is C13H20N2O2. The summed E-state index contributed by atoms with van der Waals surface area (Å²) in [4.78, 5) is 4.07. The van der Waals surface area contributed by atoms with E-state index >= 15 is 0 Å². The van der Waals surface area contributed by atoms with Crippen LogP contribution in [0.3, 0.4) is 0 Å². The highest BCUT2D eigenvalue weighted by Crippen LogP contribution is 2.19. The van der Waals surface area contributed by atoms with Gasteiger partial charge in [-0.2, -0.15) is 0 Å². The number of aliphatic hydroxyl groups excluding tert-OH is 1. The summed E-state index contributed by atoms with van der Waals surface area (Å²) in [5.41, 5.74) is 1.13. The van der Waals surface area contributed by atoms with Gasteiger partial charge in [0, 0.05) is 24.8 Å². The monoisotopic (exact) mass is 236 g/mol. The zero-order valence-electron chi connectivity index (χ0n) is 10.2. The normalized spacial score (nSPS) is 24.6. The van der Waals surface area contributed by atoms with E-state index in [-0.39, 0.29) is 12.1 Å². The van der Waals surface area contributed by atoms with E-state index in [1.807, 2.05) is 12.1 Å². The van der Waals surface area contributed by atoms with Crippen LogP contribution >= 0.6 is 0 Å². The molecular weight excluding hydrogens is 216 g/mol. The van der Waals surface area contributed by atoms with Crippen molar-refractivity contribution in [2.45, 2.75) is 44.4 Å². The lowest BCUT2D eigenvalue weighted by Crippen LogP contribution is -2.41. The molecule has 1 aromatic heterocycles. The fraction of sp³-hybridized carbons (Fsp3) is 0.615. The van der Waals surface area contributed by atoms with Gasteiger partial charge < -0.3 is 15.2 Å². The van der Waals surface area contributed by atoms with Gasteiger partial charge in [0.25, 0.3) is 0 Å². The lowest BCUT2D eigenvalue weighted by Gasteiger charge is -2.28. The van der Waals surface area contributed by atoms with Crippen molar-refractivity contribution in [1.29, 1.82) is 0 Å². The molecule has 1 saturated carbocycles. The Morgan fingerprint density at radius 3 is 3.06 bits per heavy atom. The van der Waals surface area contributed by atoms with Crippen molar-refractivity contribution in [3.8, 4) is 5.88 Å². The first kappa shape index (κ1) is 12.3. The van der Waals surface area contributed by atoms with E-state index < -0.39 is 0 Å². The number of nitrogens with zero attached hydrogens (tertiary/aromatic N) is 1. The molecule has 0 aromatic carbocycles. The highest BCUT2D eigenvalue weighted by Gasteiger charge is 2.22. The molecule has 0 unspecified atom stereocenters. The summed E-state index contributed by atoms with van der Waals surface area (Å²) in [7, 11) is 1.62. The number of hydrogen-bond acceptors (Lipinski definition) is 4. The first-order valence-corrected chi connectivity index (χ1v) is 6.20. The Hall–Kier alpha value is -1.13. The van der Waals surface area contributed by atoms with Gasteiger partial charge in [-0.1, -0.05) is 12.8 Å². The van der Waals surface area contributed by atoms with Crippen LogP contribution in [0.15, 0.2) is 18.3 Å². The van der Waals surface area contributed by atoms with E-state index in [4.69, 9.17) is 4.74 Å². The molecule has 0 radical (unpaired) electrons. The minimum atomic E-state index is -0.201. The lowest BCUT2D eigenvalue weighted by molar-refractivity contribution is 0.0902. The molecule has 2 rings (SSSR count). The molecule has 1 aliphatic rings. The molecule has 2 atom stereocenters. The molecule has 1 aliphatic carbocycles. The van der Waals surface area contributed by atoms with Crippen LogP contribution in [0, 0.1) is 0 Å². The Balaban J connectivity index is 1.88. The number of nitrogens with one attached hydrogen (secondary N) is 1. The zero-order valence-corrected chi connectivity index (χ0v) is 10.2. The fourth-order valence-corrected chi connectivity index (χ4v) is 2.27. The van der Waals surface area contributed by atoms with Gasteiger partial charge in [-0.05, 0) is 24.5 Å². The molecule has 4 heteroatoms. The van der Waals surface area contributed by atoms with Gasteiger partial charge in [0.1, 0.15) is 0 Å². The van der Waals surface area contributed by atoms with Crippen LogP contribution < -0.4 is 10.1 Å². The van der Waals surface area contributed by atoms with Crippen molar-refractivity contribution in [2.24, 2.45) is 0 Å². The van der Waals surface area contributed by atoms with Gasteiger partial charge >= 0.3 is 0 Å². The second-order valence-electron chi connectivity index (χ2n) is 4.55. The number of ether oxygens (including phenoxy) is 1. The predicted molar refractivity (Wildman–Crippen MR) is 65.9 cm³/mol. The number of hydrogen-bond donors (Lipinski definition) is 2. The van der Waals surface area contributed by atoms with E-state index in [1.54, 1.807) is 13.3 Å². The van der Waals surface area contributed by atoms with Gasteiger partial charge in [0.05, 0.1) is 13.2 Å². The first-order chi connectivity index (χ1) is 8.29. The van der Waals surface area contributed by atoms with Crippen molar-refractivity contribution >= 4 is 0 Å². The number of aliphatic hydroxyl groups is 1. The van der Waals surface area contributed by atoms with E-state index in [2.05, 4.69) is 10.3 Å². The second kappa shape index (κ2) is 5.98. The van der Waals surface area contributed by atoms with Crippen LogP contribution in [0.25, 0.3) is 0 Å². The molecule has 17 heavy (non-hydrogen) atoms. The van der Waals surface area contributed by atoms with Gasteiger partial charge in [-0.15, -0.1) is 0 Å². The van der Waals surface area contributed by atoms with Crippen LogP contribution in [-0.2, 0) is 6.54 Å². The number of rotatable bonds is 4. The van der Waals surface area contributed by atoms with E-state index in [1.165, 1.54) is 6.42 Å². The maximum Gasteiger partial charge on any atom is 0.213 e. The maximum absolute atomic E-state index is 9.85. The molecule has 0 spiro atoms. The van der Waals surface area contributed by atoms with Gasteiger partial charge in [-0.25, -0.2) is 4.98 Å². The maximum atomic E-state index is 9.85. The standard InChI is InChI=1S/C13H20N2O2/c1-17-13-8-10(6-7-14-13)9-15-11-4-2-3-5-12(11)16/h6-8,11-12,15-16H,2-5,9H2,1H3/t11-,12-/m0/s1. The van der Waals surface area contributed by atoms with Crippen LogP contribution in [0.4, 0.5) is 0 Å². The Kier molecular flexibility index (Phi) is 4.34. The van der Waals surface area contributed by atoms with Crippen LogP contribution in [0.1, 0.15) is 31.2 Å². The summed E-state index contributed by atoms with van der Waals surface area (Å²) in [6.07, 6.45) is 5.86. The molecule has 0 saturated heterocycles. The molecule has 2 N–H and O–H groups in total. The number of pyridine rings is 1. The lowest BCUT2D eigenvalue weighted by atomic mass is 9.92. The minimum Gasteiger partial charge on any atom is -0.481 e. The Morgan fingerprint density at radius 1 is 1.47 bits per heavy atom. The topological polar surface area (TPSA) is 54.4 Å². The van der Waals surface area contributed by atoms with Crippen molar-refractivity contribution in [2.75, 3.05) is 7.11 Å². The minimum absolute atomic E-state index is 0.201. The summed E-state index contributed by atoms with van der Waals surface area (Å²) < 4.78 is 5.08. The molecule has 0 bridgehead atoms. The Bertz CT molecular complexity index is 357. The third-order valence-corrected chi connectivity index (χ3v) is 3.31. The van der Waals surface area contributed by atoms with E-state index in [9.17, 15) is 5.11 Å². The summed E-state index contributed by atoms with van der Waals surface area (Å²) in [5.74, 6) is 0.633. The highest BCUT2D eigenvalue weighted by atomic mass is 16.5. The molecule has 94 valence electrons. The average molecular weight is 236 g/mol. The summed E-state index contributed by atoms with van der Waals surface area (Å²) in [6.45, 7) is 0.751.